The molecule has 1 atom stereocenters. The molecule has 136 valence electrons. The highest BCUT2D eigenvalue weighted by molar-refractivity contribution is 5.79. The summed E-state index contributed by atoms with van der Waals surface area (Å²) in [6, 6.07) is 0. The van der Waals surface area contributed by atoms with Gasteiger partial charge >= 0.3 is 0 Å². The van der Waals surface area contributed by atoms with E-state index in [1.807, 2.05) is 0 Å². The molecule has 0 saturated carbocycles. The molecule has 1 saturated heterocycles. The molecule has 0 aromatic heterocycles. The van der Waals surface area contributed by atoms with Crippen molar-refractivity contribution in [2.75, 3.05) is 39.5 Å². The summed E-state index contributed by atoms with van der Waals surface area (Å²) in [6.45, 7) is 15.3. The highest BCUT2D eigenvalue weighted by atomic mass is 16.5. The molecule has 1 aliphatic rings. The molecule has 0 amide bonds. The minimum Gasteiger partial charge on any atom is -0.396 e. The van der Waals surface area contributed by atoms with E-state index in [0.29, 0.717) is 5.92 Å². The fraction of sp³-hybridized carbons (Fsp3) is 0.944. The number of aliphatic hydroxyl groups excluding tert-OH is 1. The quantitative estimate of drug-likeness (QED) is 0.449. The van der Waals surface area contributed by atoms with Crippen LogP contribution in [-0.4, -0.2) is 50.5 Å². The van der Waals surface area contributed by atoms with Gasteiger partial charge in [-0.05, 0) is 37.5 Å². The molecule has 0 aromatic rings. The van der Waals surface area contributed by atoms with Crippen molar-refractivity contribution in [2.45, 2.75) is 53.9 Å². The van der Waals surface area contributed by atoms with Crippen molar-refractivity contribution in [3.8, 4) is 0 Å². The predicted octanol–water partition coefficient (Wildman–Crippen LogP) is 2.40. The first-order chi connectivity index (χ1) is 10.8. The molecule has 1 unspecified atom stereocenters. The molecule has 5 nitrogen and oxygen atoms in total. The minimum atomic E-state index is 0.0401. The molecule has 0 bridgehead atoms. The first-order valence-electron chi connectivity index (χ1n) is 9.03. The number of nitrogens with zero attached hydrogens (tertiary/aromatic N) is 1. The third-order valence-corrected chi connectivity index (χ3v) is 4.43. The van der Waals surface area contributed by atoms with Crippen molar-refractivity contribution in [1.29, 1.82) is 0 Å². The highest BCUT2D eigenvalue weighted by Gasteiger charge is 2.34. The monoisotopic (exact) mass is 327 g/mol. The zero-order chi connectivity index (χ0) is 17.3. The molecular formula is C18H37N3O2. The summed E-state index contributed by atoms with van der Waals surface area (Å²) in [5, 5.41) is 16.1. The lowest BCUT2D eigenvalue weighted by molar-refractivity contribution is 0.127. The van der Waals surface area contributed by atoms with E-state index in [2.05, 4.69) is 45.3 Å². The van der Waals surface area contributed by atoms with Crippen molar-refractivity contribution < 1.29 is 9.84 Å². The van der Waals surface area contributed by atoms with Gasteiger partial charge in [0.25, 0.3) is 0 Å². The van der Waals surface area contributed by atoms with E-state index in [1.165, 1.54) is 0 Å². The van der Waals surface area contributed by atoms with Crippen LogP contribution in [0.15, 0.2) is 4.99 Å². The second-order valence-electron chi connectivity index (χ2n) is 8.09. The van der Waals surface area contributed by atoms with Gasteiger partial charge in [-0.2, -0.15) is 0 Å². The van der Waals surface area contributed by atoms with E-state index >= 15 is 0 Å². The van der Waals surface area contributed by atoms with Crippen LogP contribution in [-0.2, 0) is 4.74 Å². The van der Waals surface area contributed by atoms with Gasteiger partial charge in [-0.15, -0.1) is 0 Å². The maximum Gasteiger partial charge on any atom is 0.191 e. The van der Waals surface area contributed by atoms with Crippen LogP contribution in [0.4, 0.5) is 0 Å². The summed E-state index contributed by atoms with van der Waals surface area (Å²) in [5.41, 5.74) is 0.244. The van der Waals surface area contributed by atoms with Crippen LogP contribution >= 0.6 is 0 Å². The van der Waals surface area contributed by atoms with Crippen molar-refractivity contribution in [1.82, 2.24) is 10.6 Å². The fourth-order valence-corrected chi connectivity index (χ4v) is 3.39. The number of nitrogens with one attached hydrogen (secondary N) is 2. The Bertz CT molecular complexity index is 361. The van der Waals surface area contributed by atoms with Crippen LogP contribution in [0, 0.1) is 16.7 Å². The van der Waals surface area contributed by atoms with Gasteiger partial charge in [-0.25, -0.2) is 0 Å². The Labute approximate surface area is 142 Å². The number of hydrogen-bond donors (Lipinski definition) is 3. The molecule has 0 aromatic carbocycles. The number of ether oxygens (including phenoxy) is 1. The maximum absolute atomic E-state index is 9.33. The predicted molar refractivity (Wildman–Crippen MR) is 96.8 cm³/mol. The normalized spacial score (nSPS) is 22.7. The van der Waals surface area contributed by atoms with Crippen molar-refractivity contribution in [3.05, 3.63) is 0 Å². The van der Waals surface area contributed by atoms with Gasteiger partial charge in [0.15, 0.2) is 5.96 Å². The molecule has 0 radical (unpaired) electrons. The minimum absolute atomic E-state index is 0.0401. The van der Waals surface area contributed by atoms with Crippen LogP contribution in [0.1, 0.15) is 53.9 Å². The van der Waals surface area contributed by atoms with Crippen LogP contribution in [0.25, 0.3) is 0 Å². The zero-order valence-electron chi connectivity index (χ0n) is 15.7. The van der Waals surface area contributed by atoms with E-state index < -0.39 is 0 Å². The largest absolute Gasteiger partial charge is 0.396 e. The molecule has 0 spiro atoms. The second-order valence-corrected chi connectivity index (χ2v) is 8.09. The van der Waals surface area contributed by atoms with Crippen LogP contribution in [0.2, 0.25) is 0 Å². The lowest BCUT2D eigenvalue weighted by Gasteiger charge is -2.28. The van der Waals surface area contributed by atoms with Gasteiger partial charge in [0, 0.05) is 38.3 Å². The van der Waals surface area contributed by atoms with Gasteiger partial charge in [0.1, 0.15) is 0 Å². The standard InChI is InChI=1S/C18H37N3O2/c1-6-19-16(20-12-17(4,5)11-15(2)3)21-13-18(7-9-22)8-10-23-14-18/h15,22H,6-14H2,1-5H3,(H2,19,20,21). The number of aliphatic imine (C=N–C) groups is 1. The number of guanidine groups is 1. The van der Waals surface area contributed by atoms with Gasteiger partial charge in [0.05, 0.1) is 6.61 Å². The van der Waals surface area contributed by atoms with Crippen LogP contribution < -0.4 is 10.6 Å². The molecule has 1 heterocycles. The van der Waals surface area contributed by atoms with Gasteiger partial charge < -0.3 is 20.5 Å². The highest BCUT2D eigenvalue weighted by Crippen LogP contribution is 2.31. The van der Waals surface area contributed by atoms with E-state index in [4.69, 9.17) is 9.73 Å². The summed E-state index contributed by atoms with van der Waals surface area (Å²) in [6.07, 6.45) is 2.94. The number of hydrogen-bond acceptors (Lipinski definition) is 3. The van der Waals surface area contributed by atoms with E-state index in [-0.39, 0.29) is 17.4 Å². The van der Waals surface area contributed by atoms with Gasteiger partial charge in [-0.1, -0.05) is 27.7 Å². The average Bonchev–Trinajstić information content (AvgIpc) is 2.90. The Morgan fingerprint density at radius 2 is 2.09 bits per heavy atom. The van der Waals surface area contributed by atoms with Crippen LogP contribution in [0.5, 0.6) is 0 Å². The maximum atomic E-state index is 9.33. The molecule has 5 heteroatoms. The third-order valence-electron chi connectivity index (χ3n) is 4.43. The molecular weight excluding hydrogens is 290 g/mol. The SMILES string of the molecule is CCNC(=NCC(C)(C)CC(C)C)NCC1(CCO)CCOC1. The molecule has 1 fully saturated rings. The van der Waals surface area contributed by atoms with E-state index in [9.17, 15) is 5.11 Å². The van der Waals surface area contributed by atoms with Crippen molar-refractivity contribution in [2.24, 2.45) is 21.7 Å². The first-order valence-corrected chi connectivity index (χ1v) is 9.03. The lowest BCUT2D eigenvalue weighted by atomic mass is 9.84. The summed E-state index contributed by atoms with van der Waals surface area (Å²) in [7, 11) is 0. The molecule has 1 aliphatic heterocycles. The van der Waals surface area contributed by atoms with Crippen molar-refractivity contribution >= 4 is 5.96 Å². The summed E-state index contributed by atoms with van der Waals surface area (Å²) >= 11 is 0. The average molecular weight is 328 g/mol. The molecule has 3 N–H and O–H groups in total. The third kappa shape index (κ3) is 7.53. The Morgan fingerprint density at radius 1 is 1.35 bits per heavy atom. The molecule has 23 heavy (non-hydrogen) atoms. The summed E-state index contributed by atoms with van der Waals surface area (Å²) in [4.78, 5) is 4.78. The zero-order valence-corrected chi connectivity index (χ0v) is 15.7. The first kappa shape index (κ1) is 20.2. The molecule has 0 aliphatic carbocycles. The lowest BCUT2D eigenvalue weighted by Crippen LogP contribution is -2.45. The Morgan fingerprint density at radius 3 is 2.61 bits per heavy atom. The summed E-state index contributed by atoms with van der Waals surface area (Å²) < 4.78 is 5.55. The van der Waals surface area contributed by atoms with Gasteiger partial charge in [-0.3, -0.25) is 4.99 Å². The van der Waals surface area contributed by atoms with E-state index in [1.54, 1.807) is 0 Å². The number of rotatable bonds is 9. The Hall–Kier alpha value is -0.810. The smallest absolute Gasteiger partial charge is 0.191 e. The van der Waals surface area contributed by atoms with Crippen LogP contribution in [0.3, 0.4) is 0 Å². The number of aliphatic hydroxyl groups is 1. The Kier molecular flexibility index (Phi) is 8.34. The van der Waals surface area contributed by atoms with Crippen molar-refractivity contribution in [3.63, 3.8) is 0 Å². The van der Waals surface area contributed by atoms with Gasteiger partial charge in [0.2, 0.25) is 0 Å². The van der Waals surface area contributed by atoms with E-state index in [0.717, 1.165) is 58.1 Å². The molecule has 1 rings (SSSR count). The second kappa shape index (κ2) is 9.48. The fourth-order valence-electron chi connectivity index (χ4n) is 3.39. The Balaban J connectivity index is 2.61. The summed E-state index contributed by atoms with van der Waals surface area (Å²) in [5.74, 6) is 1.55. The topological polar surface area (TPSA) is 65.9 Å².